The molecule has 0 aliphatic carbocycles. The molecule has 0 saturated heterocycles. The maximum Gasteiger partial charge on any atom is 0.360 e. The molecule has 0 fully saturated rings. The van der Waals surface area contributed by atoms with Gasteiger partial charge in [-0.3, -0.25) is 10.1 Å². The Bertz CT molecular complexity index is 676. The highest BCUT2D eigenvalue weighted by Gasteiger charge is 2.15. The number of nitrogens with zero attached hydrogens (tertiary/aromatic N) is 1. The van der Waals surface area contributed by atoms with Crippen LogP contribution in [0.15, 0.2) is 28.9 Å². The molecule has 0 aliphatic rings. The van der Waals surface area contributed by atoms with Crippen LogP contribution < -0.4 is 5.32 Å². The van der Waals surface area contributed by atoms with Gasteiger partial charge >= 0.3 is 12.0 Å². The van der Waals surface area contributed by atoms with Crippen LogP contribution in [0.2, 0.25) is 0 Å². The summed E-state index contributed by atoms with van der Waals surface area (Å²) in [6.45, 7) is 5.84. The van der Waals surface area contributed by atoms with Crippen LogP contribution in [0, 0.1) is 13.8 Å². The van der Waals surface area contributed by atoms with Gasteiger partial charge in [-0.25, -0.2) is 4.79 Å². The molecule has 21 heavy (non-hydrogen) atoms. The lowest BCUT2D eigenvalue weighted by atomic mass is 10.1. The zero-order chi connectivity index (χ0) is 15.4. The Morgan fingerprint density at radius 2 is 2.05 bits per heavy atom. The van der Waals surface area contributed by atoms with E-state index in [0.717, 1.165) is 17.4 Å². The predicted molar refractivity (Wildman–Crippen MR) is 76.3 cm³/mol. The second-order valence-corrected chi connectivity index (χ2v) is 4.51. The van der Waals surface area contributed by atoms with Gasteiger partial charge in [0.2, 0.25) is 0 Å². The predicted octanol–water partition coefficient (Wildman–Crippen LogP) is 2.72. The summed E-state index contributed by atoms with van der Waals surface area (Å²) in [6.07, 6.45) is 1.15. The number of carbonyl (C=O) groups is 2. The van der Waals surface area contributed by atoms with Crippen LogP contribution in [0.4, 0.5) is 6.01 Å². The van der Waals surface area contributed by atoms with Crippen molar-refractivity contribution in [2.24, 2.45) is 0 Å². The number of benzene rings is 1. The summed E-state index contributed by atoms with van der Waals surface area (Å²) >= 11 is 0. The number of rotatable bonds is 4. The number of hydrogen-bond acceptors (Lipinski definition) is 5. The van der Waals surface area contributed by atoms with Crippen LogP contribution >= 0.6 is 0 Å². The zero-order valence-electron chi connectivity index (χ0n) is 12.1. The molecular weight excluding hydrogens is 272 g/mol. The molecular formula is C15H16N2O4. The van der Waals surface area contributed by atoms with E-state index in [1.807, 2.05) is 19.9 Å². The van der Waals surface area contributed by atoms with Crippen molar-refractivity contribution < 1.29 is 18.7 Å². The lowest BCUT2D eigenvalue weighted by molar-refractivity contribution is 0.0519. The molecule has 6 nitrogen and oxygen atoms in total. The number of ether oxygens (including phenoxy) is 1. The number of amides is 1. The third kappa shape index (κ3) is 3.47. The Hall–Kier alpha value is -2.63. The quantitative estimate of drug-likeness (QED) is 0.875. The van der Waals surface area contributed by atoms with Gasteiger partial charge in [0.25, 0.3) is 5.91 Å². The minimum absolute atomic E-state index is 0.0206. The number of hydrogen-bond donors (Lipinski definition) is 1. The Kier molecular flexibility index (Phi) is 4.37. The number of aromatic nitrogens is 1. The third-order valence-electron chi connectivity index (χ3n) is 2.98. The number of anilines is 1. The van der Waals surface area contributed by atoms with E-state index in [1.54, 1.807) is 19.1 Å². The number of carbonyl (C=O) groups excluding carboxylic acids is 2. The first-order valence-corrected chi connectivity index (χ1v) is 6.52. The molecule has 0 radical (unpaired) electrons. The van der Waals surface area contributed by atoms with Crippen molar-refractivity contribution >= 4 is 17.9 Å². The van der Waals surface area contributed by atoms with Gasteiger partial charge in [-0.05, 0) is 44.0 Å². The van der Waals surface area contributed by atoms with Crippen molar-refractivity contribution in [3.8, 4) is 0 Å². The number of esters is 1. The average molecular weight is 288 g/mol. The maximum atomic E-state index is 12.1. The lowest BCUT2D eigenvalue weighted by Crippen LogP contribution is -2.13. The monoisotopic (exact) mass is 288 g/mol. The molecule has 1 amide bonds. The molecule has 2 aromatic rings. The standard InChI is InChI=1S/C15H16N2O4/c1-4-20-14(19)12-8-21-15(16-12)17-13(18)11-6-5-9(2)10(3)7-11/h5-8H,4H2,1-3H3,(H,16,17,18). The Balaban J connectivity index is 2.09. The third-order valence-corrected chi connectivity index (χ3v) is 2.98. The Morgan fingerprint density at radius 3 is 2.71 bits per heavy atom. The summed E-state index contributed by atoms with van der Waals surface area (Å²) in [6, 6.07) is 5.32. The van der Waals surface area contributed by atoms with E-state index in [4.69, 9.17) is 9.15 Å². The van der Waals surface area contributed by atoms with E-state index in [0.29, 0.717) is 5.56 Å². The van der Waals surface area contributed by atoms with Crippen molar-refractivity contribution in [3.63, 3.8) is 0 Å². The van der Waals surface area contributed by atoms with E-state index in [2.05, 4.69) is 10.3 Å². The minimum Gasteiger partial charge on any atom is -0.461 e. The van der Waals surface area contributed by atoms with E-state index in [9.17, 15) is 9.59 Å². The molecule has 1 N–H and O–H groups in total. The van der Waals surface area contributed by atoms with E-state index < -0.39 is 5.97 Å². The summed E-state index contributed by atoms with van der Waals surface area (Å²) in [5.41, 5.74) is 2.63. The first kappa shape index (κ1) is 14.8. The van der Waals surface area contributed by atoms with Crippen LogP contribution in [0.3, 0.4) is 0 Å². The second-order valence-electron chi connectivity index (χ2n) is 4.51. The zero-order valence-corrected chi connectivity index (χ0v) is 12.1. The summed E-state index contributed by atoms with van der Waals surface area (Å²) in [7, 11) is 0. The largest absolute Gasteiger partial charge is 0.461 e. The Labute approximate surface area is 122 Å². The highest BCUT2D eigenvalue weighted by molar-refractivity contribution is 6.03. The highest BCUT2D eigenvalue weighted by atomic mass is 16.5. The Morgan fingerprint density at radius 1 is 1.29 bits per heavy atom. The summed E-state index contributed by atoms with van der Waals surface area (Å²) < 4.78 is 9.82. The van der Waals surface area contributed by atoms with Crippen molar-refractivity contribution in [3.05, 3.63) is 46.8 Å². The highest BCUT2D eigenvalue weighted by Crippen LogP contribution is 2.13. The van der Waals surface area contributed by atoms with Gasteiger partial charge in [-0.1, -0.05) is 6.07 Å². The molecule has 1 aromatic heterocycles. The maximum absolute atomic E-state index is 12.1. The fourth-order valence-corrected chi connectivity index (χ4v) is 1.68. The van der Waals surface area contributed by atoms with E-state index >= 15 is 0 Å². The van der Waals surface area contributed by atoms with E-state index in [-0.39, 0.29) is 24.2 Å². The van der Waals surface area contributed by atoms with Gasteiger partial charge in [-0.15, -0.1) is 0 Å². The topological polar surface area (TPSA) is 81.4 Å². The summed E-state index contributed by atoms with van der Waals surface area (Å²) in [5.74, 6) is -0.941. The van der Waals surface area contributed by atoms with E-state index in [1.165, 1.54) is 0 Å². The molecule has 110 valence electrons. The molecule has 0 bridgehead atoms. The molecule has 2 rings (SSSR count). The molecule has 0 unspecified atom stereocenters. The first-order chi connectivity index (χ1) is 10.0. The SMILES string of the molecule is CCOC(=O)c1coc(NC(=O)c2ccc(C)c(C)c2)n1. The molecule has 0 spiro atoms. The molecule has 0 aliphatic heterocycles. The molecule has 0 atom stereocenters. The fourth-order valence-electron chi connectivity index (χ4n) is 1.68. The minimum atomic E-state index is -0.590. The number of oxazole rings is 1. The van der Waals surface area contributed by atoms with Crippen LogP contribution in [-0.4, -0.2) is 23.5 Å². The average Bonchev–Trinajstić information content (AvgIpc) is 2.90. The van der Waals surface area contributed by atoms with Gasteiger partial charge < -0.3 is 9.15 Å². The molecule has 6 heteroatoms. The van der Waals surface area contributed by atoms with Gasteiger partial charge in [0.05, 0.1) is 6.61 Å². The van der Waals surface area contributed by atoms with Crippen molar-refractivity contribution in [1.29, 1.82) is 0 Å². The normalized spacial score (nSPS) is 10.2. The van der Waals surface area contributed by atoms with Gasteiger partial charge in [-0.2, -0.15) is 4.98 Å². The molecule has 1 heterocycles. The van der Waals surface area contributed by atoms with Crippen LogP contribution in [-0.2, 0) is 4.74 Å². The lowest BCUT2D eigenvalue weighted by Gasteiger charge is -2.04. The van der Waals surface area contributed by atoms with Gasteiger partial charge in [0.15, 0.2) is 5.69 Å². The fraction of sp³-hybridized carbons (Fsp3) is 0.267. The number of nitrogens with one attached hydrogen (secondary N) is 1. The molecule has 0 saturated carbocycles. The van der Waals surface area contributed by atoms with Crippen LogP contribution in [0.1, 0.15) is 38.9 Å². The van der Waals surface area contributed by atoms with Crippen molar-refractivity contribution in [2.45, 2.75) is 20.8 Å². The number of aryl methyl sites for hydroxylation is 2. The van der Waals surface area contributed by atoms with Gasteiger partial charge in [0.1, 0.15) is 6.26 Å². The van der Waals surface area contributed by atoms with Crippen LogP contribution in [0.5, 0.6) is 0 Å². The second kappa shape index (κ2) is 6.21. The summed E-state index contributed by atoms with van der Waals surface area (Å²) in [4.78, 5) is 27.4. The molecule has 1 aromatic carbocycles. The summed E-state index contributed by atoms with van der Waals surface area (Å²) in [5, 5.41) is 2.50. The smallest absolute Gasteiger partial charge is 0.360 e. The van der Waals surface area contributed by atoms with Crippen molar-refractivity contribution in [2.75, 3.05) is 11.9 Å². The van der Waals surface area contributed by atoms with Crippen molar-refractivity contribution in [1.82, 2.24) is 4.98 Å². The van der Waals surface area contributed by atoms with Crippen LogP contribution in [0.25, 0.3) is 0 Å². The first-order valence-electron chi connectivity index (χ1n) is 6.52. The van der Waals surface area contributed by atoms with Gasteiger partial charge in [0, 0.05) is 5.56 Å².